The van der Waals surface area contributed by atoms with Crippen LogP contribution in [0, 0.1) is 34.5 Å². The standard InChI is InChI=1S/C21H30O2/c1-4-13-12-18(23)19-16-6-5-14-11-15(22)7-9-20(14,2)17(16)8-10-21(13,19)3/h4,11,13,16-19,23H,1,5-10,12H2,2-3H3. The highest BCUT2D eigenvalue weighted by molar-refractivity contribution is 5.91. The van der Waals surface area contributed by atoms with Crippen molar-refractivity contribution in [3.8, 4) is 0 Å². The lowest BCUT2D eigenvalue weighted by atomic mass is 9.46. The number of aliphatic hydroxyl groups excluding tert-OH is 1. The van der Waals surface area contributed by atoms with Crippen LogP contribution < -0.4 is 0 Å². The predicted molar refractivity (Wildman–Crippen MR) is 91.8 cm³/mol. The van der Waals surface area contributed by atoms with E-state index >= 15 is 0 Å². The lowest BCUT2D eigenvalue weighted by Gasteiger charge is -2.58. The van der Waals surface area contributed by atoms with E-state index in [0.29, 0.717) is 35.9 Å². The Bertz CT molecular complexity index is 576. The maximum absolute atomic E-state index is 11.9. The molecule has 4 aliphatic carbocycles. The molecule has 2 nitrogen and oxygen atoms in total. The van der Waals surface area contributed by atoms with Crippen LogP contribution in [0.4, 0.5) is 0 Å². The minimum absolute atomic E-state index is 0.171. The molecule has 0 heterocycles. The Morgan fingerprint density at radius 3 is 2.78 bits per heavy atom. The molecule has 0 amide bonds. The van der Waals surface area contributed by atoms with Crippen molar-refractivity contribution in [3.63, 3.8) is 0 Å². The summed E-state index contributed by atoms with van der Waals surface area (Å²) in [7, 11) is 0. The van der Waals surface area contributed by atoms with E-state index in [1.54, 1.807) is 0 Å². The van der Waals surface area contributed by atoms with Crippen molar-refractivity contribution in [1.29, 1.82) is 0 Å². The van der Waals surface area contributed by atoms with E-state index in [1.807, 2.05) is 6.08 Å². The van der Waals surface area contributed by atoms with Gasteiger partial charge in [0, 0.05) is 6.42 Å². The van der Waals surface area contributed by atoms with Crippen LogP contribution in [-0.4, -0.2) is 17.0 Å². The third kappa shape index (κ3) is 2.00. The van der Waals surface area contributed by atoms with Crippen molar-refractivity contribution in [2.45, 2.75) is 64.9 Å². The number of hydrogen-bond donors (Lipinski definition) is 1. The summed E-state index contributed by atoms with van der Waals surface area (Å²) in [6.45, 7) is 8.84. The molecular weight excluding hydrogens is 284 g/mol. The van der Waals surface area contributed by atoms with Crippen molar-refractivity contribution < 1.29 is 9.90 Å². The van der Waals surface area contributed by atoms with Gasteiger partial charge in [-0.1, -0.05) is 25.5 Å². The van der Waals surface area contributed by atoms with E-state index in [9.17, 15) is 9.90 Å². The van der Waals surface area contributed by atoms with Gasteiger partial charge in [-0.3, -0.25) is 4.79 Å². The number of fused-ring (bicyclic) bond motifs is 5. The number of rotatable bonds is 1. The number of hydrogen-bond acceptors (Lipinski definition) is 2. The molecule has 0 spiro atoms. The molecule has 0 aromatic carbocycles. The fourth-order valence-corrected chi connectivity index (χ4v) is 7.04. The molecule has 4 aliphatic rings. The van der Waals surface area contributed by atoms with Gasteiger partial charge in [0.1, 0.15) is 0 Å². The number of carbonyl (C=O) groups is 1. The van der Waals surface area contributed by atoms with Gasteiger partial charge in [-0.15, -0.1) is 6.58 Å². The minimum atomic E-state index is -0.171. The molecule has 2 heteroatoms. The molecule has 0 aromatic heterocycles. The van der Waals surface area contributed by atoms with Gasteiger partial charge in [0.05, 0.1) is 6.10 Å². The van der Waals surface area contributed by atoms with Crippen LogP contribution in [0.1, 0.15) is 58.8 Å². The van der Waals surface area contributed by atoms with Crippen molar-refractivity contribution in [2.24, 2.45) is 34.5 Å². The molecule has 0 bridgehead atoms. The summed E-state index contributed by atoms with van der Waals surface area (Å²) in [6, 6.07) is 0. The summed E-state index contributed by atoms with van der Waals surface area (Å²) < 4.78 is 0. The topological polar surface area (TPSA) is 37.3 Å². The Kier molecular flexibility index (Phi) is 3.43. The molecule has 3 saturated carbocycles. The van der Waals surface area contributed by atoms with Gasteiger partial charge in [0.2, 0.25) is 0 Å². The van der Waals surface area contributed by atoms with Crippen molar-refractivity contribution in [2.75, 3.05) is 0 Å². The Hall–Kier alpha value is -0.890. The van der Waals surface area contributed by atoms with Gasteiger partial charge in [-0.25, -0.2) is 0 Å². The van der Waals surface area contributed by atoms with Crippen LogP contribution in [-0.2, 0) is 4.79 Å². The van der Waals surface area contributed by atoms with Crippen LogP contribution in [0.2, 0.25) is 0 Å². The number of allylic oxidation sites excluding steroid dienone is 2. The zero-order valence-electron chi connectivity index (χ0n) is 14.6. The van der Waals surface area contributed by atoms with E-state index < -0.39 is 0 Å². The van der Waals surface area contributed by atoms with E-state index in [4.69, 9.17) is 0 Å². The maximum Gasteiger partial charge on any atom is 0.155 e. The Morgan fingerprint density at radius 1 is 1.26 bits per heavy atom. The molecular formula is C21H30O2. The smallest absolute Gasteiger partial charge is 0.155 e. The molecule has 126 valence electrons. The second-order valence-corrected chi connectivity index (χ2v) is 9.08. The third-order valence-electron chi connectivity index (χ3n) is 8.30. The lowest BCUT2D eigenvalue weighted by Crippen LogP contribution is -2.52. The number of aliphatic hydroxyl groups is 1. The largest absolute Gasteiger partial charge is 0.393 e. The zero-order valence-corrected chi connectivity index (χ0v) is 14.6. The number of carbonyl (C=O) groups excluding carboxylic acids is 1. The van der Waals surface area contributed by atoms with Gasteiger partial charge < -0.3 is 5.11 Å². The predicted octanol–water partition coefficient (Wildman–Crippen LogP) is 4.29. The molecule has 4 rings (SSSR count). The minimum Gasteiger partial charge on any atom is -0.393 e. The highest BCUT2D eigenvalue weighted by atomic mass is 16.3. The summed E-state index contributed by atoms with van der Waals surface area (Å²) in [6.07, 6.45) is 11.2. The van der Waals surface area contributed by atoms with Gasteiger partial charge in [-0.2, -0.15) is 0 Å². The Labute approximate surface area is 140 Å². The van der Waals surface area contributed by atoms with E-state index in [0.717, 1.165) is 25.7 Å². The first kappa shape index (κ1) is 15.6. The van der Waals surface area contributed by atoms with Crippen LogP contribution in [0.3, 0.4) is 0 Å². The maximum atomic E-state index is 11.9. The van der Waals surface area contributed by atoms with Crippen LogP contribution >= 0.6 is 0 Å². The van der Waals surface area contributed by atoms with Gasteiger partial charge in [0.25, 0.3) is 0 Å². The second-order valence-electron chi connectivity index (χ2n) is 9.08. The monoisotopic (exact) mass is 314 g/mol. The van der Waals surface area contributed by atoms with Crippen molar-refractivity contribution >= 4 is 5.78 Å². The average Bonchev–Trinajstić information content (AvgIpc) is 2.79. The van der Waals surface area contributed by atoms with E-state index in [2.05, 4.69) is 26.5 Å². The quantitative estimate of drug-likeness (QED) is 0.733. The summed E-state index contributed by atoms with van der Waals surface area (Å²) in [4.78, 5) is 11.9. The Balaban J connectivity index is 1.71. The lowest BCUT2D eigenvalue weighted by molar-refractivity contribution is -0.118. The first-order chi connectivity index (χ1) is 10.9. The molecule has 0 aromatic rings. The molecule has 1 N–H and O–H groups in total. The first-order valence-electron chi connectivity index (χ1n) is 9.44. The van der Waals surface area contributed by atoms with Gasteiger partial charge in [-0.05, 0) is 79.1 Å². The fourth-order valence-electron chi connectivity index (χ4n) is 7.04. The molecule has 23 heavy (non-hydrogen) atoms. The van der Waals surface area contributed by atoms with Gasteiger partial charge >= 0.3 is 0 Å². The fraction of sp³-hybridized carbons (Fsp3) is 0.762. The molecule has 7 atom stereocenters. The van der Waals surface area contributed by atoms with Crippen molar-refractivity contribution in [1.82, 2.24) is 0 Å². The number of ketones is 1. The summed E-state index contributed by atoms with van der Waals surface area (Å²) in [5.74, 6) is 2.46. The SMILES string of the molecule is C=CC1CC(O)C2C3CCC4=CC(=O)CCC4(C)C3CCC12C. The molecule has 3 fully saturated rings. The summed E-state index contributed by atoms with van der Waals surface area (Å²) in [5, 5.41) is 10.8. The Morgan fingerprint density at radius 2 is 2.04 bits per heavy atom. The van der Waals surface area contributed by atoms with E-state index in [1.165, 1.54) is 18.4 Å². The highest BCUT2D eigenvalue weighted by Gasteiger charge is 2.61. The normalized spacial score (nSPS) is 52.2. The summed E-state index contributed by atoms with van der Waals surface area (Å²) in [5.41, 5.74) is 1.83. The zero-order chi connectivity index (χ0) is 16.4. The van der Waals surface area contributed by atoms with Crippen LogP contribution in [0.5, 0.6) is 0 Å². The molecule has 0 aliphatic heterocycles. The van der Waals surface area contributed by atoms with Crippen molar-refractivity contribution in [3.05, 3.63) is 24.3 Å². The molecule has 0 radical (unpaired) electrons. The second kappa shape index (κ2) is 5.05. The van der Waals surface area contributed by atoms with Gasteiger partial charge in [0.15, 0.2) is 5.78 Å². The van der Waals surface area contributed by atoms with Crippen LogP contribution in [0.15, 0.2) is 24.3 Å². The third-order valence-corrected chi connectivity index (χ3v) is 8.30. The van der Waals surface area contributed by atoms with Crippen LogP contribution in [0.25, 0.3) is 0 Å². The first-order valence-corrected chi connectivity index (χ1v) is 9.44. The average molecular weight is 314 g/mol. The molecule has 0 saturated heterocycles. The van der Waals surface area contributed by atoms with E-state index in [-0.39, 0.29) is 16.9 Å². The highest BCUT2D eigenvalue weighted by Crippen LogP contribution is 2.66. The molecule has 7 unspecified atom stereocenters. The summed E-state index contributed by atoms with van der Waals surface area (Å²) >= 11 is 0.